The molecule has 0 spiro atoms. The number of nitrogens with zero attached hydrogens (tertiary/aromatic N) is 2. The summed E-state index contributed by atoms with van der Waals surface area (Å²) >= 11 is 0. The Balaban J connectivity index is 2.75. The van der Waals surface area contributed by atoms with Gasteiger partial charge in [0.15, 0.2) is 0 Å². The molecule has 0 aromatic carbocycles. The van der Waals surface area contributed by atoms with Crippen molar-refractivity contribution in [3.05, 3.63) is 33.1 Å². The molecule has 1 aromatic heterocycles. The van der Waals surface area contributed by atoms with Gasteiger partial charge in [-0.15, -0.1) is 0 Å². The van der Waals surface area contributed by atoms with Crippen LogP contribution in [-0.4, -0.2) is 36.9 Å². The number of aromatic nitrogens is 1. The number of nitro groups is 1. The van der Waals surface area contributed by atoms with Crippen molar-refractivity contribution in [1.29, 1.82) is 0 Å². The van der Waals surface area contributed by atoms with E-state index >= 15 is 0 Å². The minimum absolute atomic E-state index is 0.0278. The lowest BCUT2D eigenvalue weighted by atomic mass is 10.1. The Labute approximate surface area is 112 Å². The summed E-state index contributed by atoms with van der Waals surface area (Å²) in [6.45, 7) is 3.88. The third kappa shape index (κ3) is 4.56. The van der Waals surface area contributed by atoms with E-state index in [0.717, 1.165) is 6.26 Å². The van der Waals surface area contributed by atoms with Gasteiger partial charge in [0.25, 0.3) is 5.69 Å². The Morgan fingerprint density at radius 3 is 2.58 bits per heavy atom. The largest absolute Gasteiger partial charge is 0.310 e. The SMILES string of the molecule is Cc1cnc(CNCCS(C)(=O)=O)c(C)c1[N+](=O)[O-]. The van der Waals surface area contributed by atoms with E-state index in [4.69, 9.17) is 0 Å². The summed E-state index contributed by atoms with van der Waals surface area (Å²) in [7, 11) is -3.01. The Morgan fingerprint density at radius 1 is 1.42 bits per heavy atom. The average Bonchev–Trinajstić information content (AvgIpc) is 2.25. The van der Waals surface area contributed by atoms with Crippen LogP contribution in [0.15, 0.2) is 6.20 Å². The van der Waals surface area contributed by atoms with E-state index in [9.17, 15) is 18.5 Å². The highest BCUT2D eigenvalue weighted by molar-refractivity contribution is 7.90. The summed E-state index contributed by atoms with van der Waals surface area (Å²) in [5.41, 5.74) is 1.65. The molecule has 1 rings (SSSR count). The molecule has 0 fully saturated rings. The monoisotopic (exact) mass is 287 g/mol. The molecule has 7 nitrogen and oxygen atoms in total. The van der Waals surface area contributed by atoms with Crippen molar-refractivity contribution in [2.75, 3.05) is 18.6 Å². The second-order valence-corrected chi connectivity index (χ2v) is 6.69. The number of sulfone groups is 1. The summed E-state index contributed by atoms with van der Waals surface area (Å²) in [5.74, 6) is 0.0278. The van der Waals surface area contributed by atoms with Gasteiger partial charge in [0.1, 0.15) is 9.84 Å². The molecule has 0 bridgehead atoms. The maximum atomic E-state index is 11.0. The molecular formula is C11H17N3O4S. The fraction of sp³-hybridized carbons (Fsp3) is 0.545. The van der Waals surface area contributed by atoms with E-state index in [1.807, 2.05) is 0 Å². The van der Waals surface area contributed by atoms with Crippen molar-refractivity contribution >= 4 is 15.5 Å². The van der Waals surface area contributed by atoms with Crippen molar-refractivity contribution in [3.63, 3.8) is 0 Å². The molecule has 0 atom stereocenters. The first-order chi connectivity index (χ1) is 8.72. The third-order valence-electron chi connectivity index (χ3n) is 2.70. The molecule has 0 aliphatic heterocycles. The predicted molar refractivity (Wildman–Crippen MR) is 71.8 cm³/mol. The van der Waals surface area contributed by atoms with Gasteiger partial charge in [-0.2, -0.15) is 0 Å². The molecule has 1 aromatic rings. The van der Waals surface area contributed by atoms with E-state index in [0.29, 0.717) is 29.9 Å². The zero-order valence-corrected chi connectivity index (χ0v) is 12.0. The summed E-state index contributed by atoms with van der Waals surface area (Å²) in [6, 6.07) is 0. The molecule has 0 amide bonds. The molecule has 1 N–H and O–H groups in total. The topological polar surface area (TPSA) is 102 Å². The number of rotatable bonds is 6. The normalized spacial score (nSPS) is 11.5. The van der Waals surface area contributed by atoms with E-state index in [2.05, 4.69) is 10.3 Å². The number of aryl methyl sites for hydroxylation is 1. The Kier molecular flexibility index (Phi) is 4.96. The molecule has 1 heterocycles. The zero-order valence-electron chi connectivity index (χ0n) is 11.1. The highest BCUT2D eigenvalue weighted by Gasteiger charge is 2.18. The van der Waals surface area contributed by atoms with Crippen LogP contribution in [0.3, 0.4) is 0 Å². The molecule has 0 saturated carbocycles. The minimum atomic E-state index is -3.01. The van der Waals surface area contributed by atoms with Crippen LogP contribution in [-0.2, 0) is 16.4 Å². The summed E-state index contributed by atoms with van der Waals surface area (Å²) in [6.07, 6.45) is 2.62. The molecule has 0 aliphatic carbocycles. The standard InChI is InChI=1S/C11H17N3O4S/c1-8-6-13-10(9(2)11(8)14(15)16)7-12-4-5-19(3,17)18/h6,12H,4-5,7H2,1-3H3. The van der Waals surface area contributed by atoms with Crippen molar-refractivity contribution in [2.45, 2.75) is 20.4 Å². The van der Waals surface area contributed by atoms with Crippen LogP contribution < -0.4 is 5.32 Å². The van der Waals surface area contributed by atoms with Crippen molar-refractivity contribution in [1.82, 2.24) is 10.3 Å². The van der Waals surface area contributed by atoms with E-state index < -0.39 is 14.8 Å². The fourth-order valence-corrected chi connectivity index (χ4v) is 2.20. The van der Waals surface area contributed by atoms with Gasteiger partial charge < -0.3 is 5.32 Å². The molecule has 19 heavy (non-hydrogen) atoms. The van der Waals surface area contributed by atoms with Gasteiger partial charge in [0, 0.05) is 36.7 Å². The lowest BCUT2D eigenvalue weighted by Gasteiger charge is -2.08. The van der Waals surface area contributed by atoms with Gasteiger partial charge >= 0.3 is 0 Å². The maximum absolute atomic E-state index is 11.0. The van der Waals surface area contributed by atoms with Crippen molar-refractivity contribution in [2.24, 2.45) is 0 Å². The lowest BCUT2D eigenvalue weighted by molar-refractivity contribution is -0.386. The minimum Gasteiger partial charge on any atom is -0.310 e. The highest BCUT2D eigenvalue weighted by Crippen LogP contribution is 2.23. The number of pyridine rings is 1. The molecule has 0 radical (unpaired) electrons. The van der Waals surface area contributed by atoms with Crippen LogP contribution in [0.25, 0.3) is 0 Å². The van der Waals surface area contributed by atoms with Crippen LogP contribution in [0.2, 0.25) is 0 Å². The zero-order chi connectivity index (χ0) is 14.6. The molecule has 106 valence electrons. The summed E-state index contributed by atoms with van der Waals surface area (Å²) in [5, 5.41) is 13.9. The van der Waals surface area contributed by atoms with Gasteiger partial charge in [-0.3, -0.25) is 15.1 Å². The smallest absolute Gasteiger partial charge is 0.278 e. The molecule has 0 unspecified atom stereocenters. The van der Waals surface area contributed by atoms with Gasteiger partial charge in [0.2, 0.25) is 0 Å². The van der Waals surface area contributed by atoms with Gasteiger partial charge in [0.05, 0.1) is 16.4 Å². The second kappa shape index (κ2) is 6.07. The van der Waals surface area contributed by atoms with E-state index in [-0.39, 0.29) is 11.4 Å². The Morgan fingerprint density at radius 2 is 2.05 bits per heavy atom. The van der Waals surface area contributed by atoms with Crippen molar-refractivity contribution in [3.8, 4) is 0 Å². The number of hydrogen-bond acceptors (Lipinski definition) is 6. The molecule has 0 aliphatic rings. The highest BCUT2D eigenvalue weighted by atomic mass is 32.2. The molecule has 0 saturated heterocycles. The van der Waals surface area contributed by atoms with Crippen LogP contribution in [0.1, 0.15) is 16.8 Å². The van der Waals surface area contributed by atoms with Crippen molar-refractivity contribution < 1.29 is 13.3 Å². The maximum Gasteiger partial charge on any atom is 0.278 e. The van der Waals surface area contributed by atoms with Gasteiger partial charge in [-0.05, 0) is 13.8 Å². The van der Waals surface area contributed by atoms with E-state index in [1.165, 1.54) is 6.20 Å². The van der Waals surface area contributed by atoms with Crippen LogP contribution in [0.5, 0.6) is 0 Å². The van der Waals surface area contributed by atoms with Gasteiger partial charge in [-0.25, -0.2) is 8.42 Å². The quantitative estimate of drug-likeness (QED) is 0.470. The molecule has 8 heteroatoms. The van der Waals surface area contributed by atoms with Crippen LogP contribution in [0.4, 0.5) is 5.69 Å². The second-order valence-electron chi connectivity index (χ2n) is 4.43. The summed E-state index contributed by atoms with van der Waals surface area (Å²) in [4.78, 5) is 14.6. The van der Waals surface area contributed by atoms with Crippen LogP contribution >= 0.6 is 0 Å². The first kappa shape index (κ1) is 15.5. The summed E-state index contributed by atoms with van der Waals surface area (Å²) < 4.78 is 21.9. The predicted octanol–water partition coefficient (Wildman–Crippen LogP) is 0.741. The third-order valence-corrected chi connectivity index (χ3v) is 3.65. The van der Waals surface area contributed by atoms with Gasteiger partial charge in [-0.1, -0.05) is 0 Å². The average molecular weight is 287 g/mol. The van der Waals surface area contributed by atoms with Crippen LogP contribution in [0, 0.1) is 24.0 Å². The molecular weight excluding hydrogens is 270 g/mol. The first-order valence-corrected chi connectivity index (χ1v) is 7.76. The number of nitrogens with one attached hydrogen (secondary N) is 1. The fourth-order valence-electron chi connectivity index (χ4n) is 1.69. The Bertz CT molecular complexity index is 584. The lowest BCUT2D eigenvalue weighted by Crippen LogP contribution is -2.23. The Hall–Kier alpha value is -1.54. The number of hydrogen-bond donors (Lipinski definition) is 1. The van der Waals surface area contributed by atoms with E-state index in [1.54, 1.807) is 13.8 Å². The first-order valence-electron chi connectivity index (χ1n) is 5.70.